The molecule has 0 nitrogen and oxygen atoms in total. The van der Waals surface area contributed by atoms with E-state index in [9.17, 15) is 0 Å². The Morgan fingerprint density at radius 1 is 0.692 bits per heavy atom. The standard InChI is InChI=1S/C25H16S/c1-2-16(1)3-4-17-5-6-18-15-24-19(14-20(18)13-17)7-8-21-22(24)9-10-25-23(21)11-12-26-25/h5-16H,1-2H2. The Morgan fingerprint density at radius 2 is 1.54 bits per heavy atom. The summed E-state index contributed by atoms with van der Waals surface area (Å²) in [6.45, 7) is 0. The summed E-state index contributed by atoms with van der Waals surface area (Å²) in [6, 6.07) is 22.6. The maximum Gasteiger partial charge on any atom is 0.0349 e. The van der Waals surface area contributed by atoms with Crippen molar-refractivity contribution in [1.82, 2.24) is 0 Å². The van der Waals surface area contributed by atoms with Crippen LogP contribution in [0.25, 0.3) is 42.4 Å². The average molecular weight is 348 g/mol. The van der Waals surface area contributed by atoms with Gasteiger partial charge in [-0.05, 0) is 86.9 Å². The molecule has 0 saturated heterocycles. The van der Waals surface area contributed by atoms with Crippen LogP contribution in [0.5, 0.6) is 0 Å². The number of rotatable bonds is 0. The van der Waals surface area contributed by atoms with Crippen LogP contribution in [0.2, 0.25) is 0 Å². The average Bonchev–Trinajstić information content (AvgIpc) is 3.38. The SMILES string of the molecule is C(#CC1CC1)c1ccc2cc3c(ccc4c5ccsc5ccc34)cc2c1. The fourth-order valence-electron chi connectivity index (χ4n) is 3.83. The molecule has 1 heteroatoms. The van der Waals surface area contributed by atoms with Crippen molar-refractivity contribution in [2.24, 2.45) is 5.92 Å². The lowest BCUT2D eigenvalue weighted by atomic mass is 9.96. The van der Waals surface area contributed by atoms with Gasteiger partial charge in [-0.3, -0.25) is 0 Å². The van der Waals surface area contributed by atoms with Gasteiger partial charge in [0, 0.05) is 21.6 Å². The van der Waals surface area contributed by atoms with Crippen LogP contribution in [0, 0.1) is 17.8 Å². The summed E-state index contributed by atoms with van der Waals surface area (Å²) in [4.78, 5) is 0. The molecule has 0 aliphatic heterocycles. The lowest BCUT2D eigenvalue weighted by Gasteiger charge is -2.08. The fourth-order valence-corrected chi connectivity index (χ4v) is 4.63. The molecular weight excluding hydrogens is 332 g/mol. The minimum absolute atomic E-state index is 0.641. The third kappa shape index (κ3) is 2.23. The second-order valence-electron chi connectivity index (χ2n) is 7.24. The molecule has 0 bridgehead atoms. The zero-order valence-corrected chi connectivity index (χ0v) is 15.1. The van der Waals surface area contributed by atoms with Crippen LogP contribution in [0.4, 0.5) is 0 Å². The van der Waals surface area contributed by atoms with E-state index in [1.54, 1.807) is 0 Å². The minimum Gasteiger partial charge on any atom is -0.144 e. The zero-order chi connectivity index (χ0) is 17.1. The molecule has 1 heterocycles. The molecule has 5 aromatic rings. The van der Waals surface area contributed by atoms with Crippen molar-refractivity contribution >= 4 is 53.7 Å². The maximum atomic E-state index is 3.36. The Bertz CT molecular complexity index is 1390. The van der Waals surface area contributed by atoms with Crippen molar-refractivity contribution in [2.45, 2.75) is 12.8 Å². The molecule has 1 saturated carbocycles. The molecule has 1 aliphatic rings. The molecule has 1 aliphatic carbocycles. The molecule has 0 atom stereocenters. The summed E-state index contributed by atoms with van der Waals surface area (Å²) in [6.07, 6.45) is 2.55. The van der Waals surface area contributed by atoms with Crippen LogP contribution in [-0.4, -0.2) is 0 Å². The first-order valence-corrected chi connectivity index (χ1v) is 10.0. The van der Waals surface area contributed by atoms with E-state index < -0.39 is 0 Å². The Kier molecular flexibility index (Phi) is 2.95. The van der Waals surface area contributed by atoms with E-state index in [-0.39, 0.29) is 0 Å². The molecule has 1 fully saturated rings. The van der Waals surface area contributed by atoms with Crippen LogP contribution in [0.1, 0.15) is 18.4 Å². The molecule has 0 unspecified atom stereocenters. The Hall–Kier alpha value is -2.82. The smallest absolute Gasteiger partial charge is 0.0349 e. The molecule has 26 heavy (non-hydrogen) atoms. The van der Waals surface area contributed by atoms with Crippen LogP contribution < -0.4 is 0 Å². The van der Waals surface area contributed by atoms with Crippen molar-refractivity contribution in [2.75, 3.05) is 0 Å². The van der Waals surface area contributed by atoms with Crippen LogP contribution >= 0.6 is 11.3 Å². The first-order chi connectivity index (χ1) is 12.8. The Morgan fingerprint density at radius 3 is 2.46 bits per heavy atom. The van der Waals surface area contributed by atoms with Crippen molar-refractivity contribution in [3.05, 3.63) is 71.6 Å². The van der Waals surface area contributed by atoms with Gasteiger partial charge in [0.1, 0.15) is 0 Å². The van der Waals surface area contributed by atoms with Gasteiger partial charge in [-0.15, -0.1) is 11.3 Å². The molecule has 0 amide bonds. The quantitative estimate of drug-likeness (QED) is 0.159. The van der Waals surface area contributed by atoms with Crippen molar-refractivity contribution < 1.29 is 0 Å². The van der Waals surface area contributed by atoms with E-state index in [0.717, 1.165) is 5.56 Å². The molecule has 4 aromatic carbocycles. The second-order valence-corrected chi connectivity index (χ2v) is 8.19. The topological polar surface area (TPSA) is 0 Å². The number of hydrogen-bond acceptors (Lipinski definition) is 1. The largest absolute Gasteiger partial charge is 0.144 e. The Labute approximate surface area is 156 Å². The van der Waals surface area contributed by atoms with Crippen LogP contribution in [0.15, 0.2) is 66.0 Å². The normalized spacial score (nSPS) is 14.2. The van der Waals surface area contributed by atoms with Gasteiger partial charge in [0.25, 0.3) is 0 Å². The highest BCUT2D eigenvalue weighted by Gasteiger charge is 2.17. The van der Waals surface area contributed by atoms with E-state index in [4.69, 9.17) is 0 Å². The van der Waals surface area contributed by atoms with Crippen LogP contribution in [-0.2, 0) is 0 Å². The minimum atomic E-state index is 0.641. The highest BCUT2D eigenvalue weighted by Crippen LogP contribution is 2.35. The molecule has 1 aromatic heterocycles. The van der Waals surface area contributed by atoms with E-state index in [0.29, 0.717) is 5.92 Å². The highest BCUT2D eigenvalue weighted by molar-refractivity contribution is 7.17. The monoisotopic (exact) mass is 348 g/mol. The van der Waals surface area contributed by atoms with Crippen molar-refractivity contribution in [3.63, 3.8) is 0 Å². The number of benzene rings is 4. The lowest BCUT2D eigenvalue weighted by molar-refractivity contribution is 1.18. The molecular formula is C25H16S. The summed E-state index contributed by atoms with van der Waals surface area (Å²) in [5, 5.41) is 11.4. The predicted molar refractivity (Wildman–Crippen MR) is 114 cm³/mol. The summed E-state index contributed by atoms with van der Waals surface area (Å²) in [5.74, 6) is 7.35. The van der Waals surface area contributed by atoms with Crippen molar-refractivity contribution in [3.8, 4) is 11.8 Å². The summed E-state index contributed by atoms with van der Waals surface area (Å²) >= 11 is 1.81. The second kappa shape index (κ2) is 5.34. The van der Waals surface area contributed by atoms with Gasteiger partial charge in [0.2, 0.25) is 0 Å². The van der Waals surface area contributed by atoms with Gasteiger partial charge in [-0.2, -0.15) is 0 Å². The van der Waals surface area contributed by atoms with Gasteiger partial charge in [0.05, 0.1) is 0 Å². The highest BCUT2D eigenvalue weighted by atomic mass is 32.1. The number of hydrogen-bond donors (Lipinski definition) is 0. The zero-order valence-electron chi connectivity index (χ0n) is 14.3. The predicted octanol–water partition coefficient (Wildman–Crippen LogP) is 7.12. The molecule has 0 spiro atoms. The van der Waals surface area contributed by atoms with E-state index in [1.807, 2.05) is 11.3 Å². The maximum absolute atomic E-state index is 3.36. The molecule has 6 rings (SSSR count). The van der Waals surface area contributed by atoms with Gasteiger partial charge in [0.15, 0.2) is 0 Å². The van der Waals surface area contributed by atoms with E-state index >= 15 is 0 Å². The van der Waals surface area contributed by atoms with E-state index in [2.05, 4.69) is 77.9 Å². The van der Waals surface area contributed by atoms with Crippen molar-refractivity contribution in [1.29, 1.82) is 0 Å². The van der Waals surface area contributed by atoms with Gasteiger partial charge in [-0.25, -0.2) is 0 Å². The van der Waals surface area contributed by atoms with Crippen LogP contribution in [0.3, 0.4) is 0 Å². The third-order valence-electron chi connectivity index (χ3n) is 5.40. The van der Waals surface area contributed by atoms with Gasteiger partial charge in [-0.1, -0.05) is 36.1 Å². The number of fused-ring (bicyclic) bond motifs is 6. The first-order valence-electron chi connectivity index (χ1n) is 9.13. The number of thiophene rings is 1. The van der Waals surface area contributed by atoms with Gasteiger partial charge >= 0.3 is 0 Å². The Balaban J connectivity index is 1.61. The van der Waals surface area contributed by atoms with Gasteiger partial charge < -0.3 is 0 Å². The molecule has 0 radical (unpaired) electrons. The third-order valence-corrected chi connectivity index (χ3v) is 6.29. The molecule has 0 N–H and O–H groups in total. The lowest BCUT2D eigenvalue weighted by Crippen LogP contribution is -1.82. The summed E-state index contributed by atoms with van der Waals surface area (Å²) < 4.78 is 1.36. The summed E-state index contributed by atoms with van der Waals surface area (Å²) in [7, 11) is 0. The first kappa shape index (κ1) is 14.4. The fraction of sp³-hybridized carbons (Fsp3) is 0.120. The van der Waals surface area contributed by atoms with E-state index in [1.165, 1.54) is 55.2 Å². The summed E-state index contributed by atoms with van der Waals surface area (Å²) in [5.41, 5.74) is 1.13. The molecule has 122 valence electrons.